The van der Waals surface area contributed by atoms with E-state index in [0.717, 1.165) is 12.8 Å². The molecule has 2 aromatic carbocycles. The predicted molar refractivity (Wildman–Crippen MR) is 107 cm³/mol. The molecule has 148 valence electrons. The zero-order chi connectivity index (χ0) is 19.8. The SMILES string of the molecule is CCOC(=O)C1CCN(CC(=O)Nc2ccccc2Oc2ccccc2)CC1. The standard InChI is InChI=1S/C22H26N2O4/c1-2-27-22(26)17-12-14-24(15-13-17)16-21(25)23-19-10-6-7-11-20(19)28-18-8-4-3-5-9-18/h3-11,17H,2,12-16H2,1H3,(H,23,25). The average Bonchev–Trinajstić information content (AvgIpc) is 2.71. The number of hydrogen-bond acceptors (Lipinski definition) is 5. The van der Waals surface area contributed by atoms with Gasteiger partial charge in [0.25, 0.3) is 0 Å². The summed E-state index contributed by atoms with van der Waals surface area (Å²) in [6, 6.07) is 16.8. The summed E-state index contributed by atoms with van der Waals surface area (Å²) < 4.78 is 11.0. The van der Waals surface area contributed by atoms with Crippen molar-refractivity contribution in [1.29, 1.82) is 0 Å². The largest absolute Gasteiger partial charge is 0.466 e. The third-order valence-corrected chi connectivity index (χ3v) is 4.71. The lowest BCUT2D eigenvalue weighted by Gasteiger charge is -2.30. The molecule has 1 heterocycles. The van der Waals surface area contributed by atoms with Crippen molar-refractivity contribution < 1.29 is 19.1 Å². The van der Waals surface area contributed by atoms with Crippen molar-refractivity contribution in [2.24, 2.45) is 5.92 Å². The summed E-state index contributed by atoms with van der Waals surface area (Å²) in [4.78, 5) is 26.4. The quantitative estimate of drug-likeness (QED) is 0.740. The Kier molecular flexibility index (Phi) is 7.03. The van der Waals surface area contributed by atoms with Crippen molar-refractivity contribution in [2.45, 2.75) is 19.8 Å². The van der Waals surface area contributed by atoms with E-state index in [0.29, 0.717) is 36.9 Å². The normalized spacial score (nSPS) is 15.0. The molecular weight excluding hydrogens is 356 g/mol. The van der Waals surface area contributed by atoms with Gasteiger partial charge < -0.3 is 14.8 Å². The molecule has 1 amide bonds. The maximum absolute atomic E-state index is 12.5. The molecule has 1 aliphatic heterocycles. The van der Waals surface area contributed by atoms with Crippen LogP contribution in [0.15, 0.2) is 54.6 Å². The van der Waals surface area contributed by atoms with Crippen LogP contribution in [-0.4, -0.2) is 43.0 Å². The highest BCUT2D eigenvalue weighted by Crippen LogP contribution is 2.29. The van der Waals surface area contributed by atoms with Gasteiger partial charge in [-0.05, 0) is 57.1 Å². The van der Waals surface area contributed by atoms with E-state index < -0.39 is 0 Å². The van der Waals surface area contributed by atoms with Gasteiger partial charge in [0.1, 0.15) is 5.75 Å². The number of carbonyl (C=O) groups excluding carboxylic acids is 2. The number of amides is 1. The molecule has 6 heteroatoms. The molecular formula is C22H26N2O4. The first-order valence-corrected chi connectivity index (χ1v) is 9.66. The Morgan fingerprint density at radius 2 is 1.71 bits per heavy atom. The van der Waals surface area contributed by atoms with Crippen molar-refractivity contribution in [3.05, 3.63) is 54.6 Å². The smallest absolute Gasteiger partial charge is 0.309 e. The summed E-state index contributed by atoms with van der Waals surface area (Å²) in [5.41, 5.74) is 0.637. The molecule has 1 saturated heterocycles. The van der Waals surface area contributed by atoms with Gasteiger partial charge in [-0.3, -0.25) is 14.5 Å². The zero-order valence-electron chi connectivity index (χ0n) is 16.1. The van der Waals surface area contributed by atoms with Crippen molar-refractivity contribution in [3.8, 4) is 11.5 Å². The van der Waals surface area contributed by atoms with E-state index in [2.05, 4.69) is 10.2 Å². The van der Waals surface area contributed by atoms with Gasteiger partial charge in [0.05, 0.1) is 24.8 Å². The van der Waals surface area contributed by atoms with Crippen molar-refractivity contribution in [1.82, 2.24) is 4.90 Å². The number of nitrogens with zero attached hydrogens (tertiary/aromatic N) is 1. The van der Waals surface area contributed by atoms with E-state index in [1.807, 2.05) is 61.5 Å². The van der Waals surface area contributed by atoms with Gasteiger partial charge in [0.15, 0.2) is 5.75 Å². The molecule has 0 atom stereocenters. The van der Waals surface area contributed by atoms with Gasteiger partial charge in [0.2, 0.25) is 5.91 Å². The number of esters is 1. The number of rotatable bonds is 7. The number of anilines is 1. The maximum atomic E-state index is 12.5. The summed E-state index contributed by atoms with van der Waals surface area (Å²) in [6.07, 6.45) is 1.44. The molecule has 6 nitrogen and oxygen atoms in total. The number of ether oxygens (including phenoxy) is 2. The average molecular weight is 382 g/mol. The molecule has 2 aromatic rings. The molecule has 1 fully saturated rings. The molecule has 0 saturated carbocycles. The minimum Gasteiger partial charge on any atom is -0.466 e. The first kappa shape index (κ1) is 19.9. The fourth-order valence-corrected chi connectivity index (χ4v) is 3.25. The molecule has 1 aliphatic rings. The van der Waals surface area contributed by atoms with E-state index in [1.54, 1.807) is 0 Å². The number of carbonyl (C=O) groups is 2. The lowest BCUT2D eigenvalue weighted by atomic mass is 9.97. The first-order valence-electron chi connectivity index (χ1n) is 9.66. The lowest BCUT2D eigenvalue weighted by Crippen LogP contribution is -2.41. The Morgan fingerprint density at radius 3 is 2.43 bits per heavy atom. The van der Waals surface area contributed by atoms with Crippen LogP contribution in [0.25, 0.3) is 0 Å². The zero-order valence-corrected chi connectivity index (χ0v) is 16.1. The molecule has 0 spiro atoms. The fourth-order valence-electron chi connectivity index (χ4n) is 3.25. The van der Waals surface area contributed by atoms with E-state index in [1.165, 1.54) is 0 Å². The van der Waals surface area contributed by atoms with Gasteiger partial charge in [-0.1, -0.05) is 30.3 Å². The maximum Gasteiger partial charge on any atom is 0.309 e. The lowest BCUT2D eigenvalue weighted by molar-refractivity contribution is -0.149. The second kappa shape index (κ2) is 9.90. The predicted octanol–water partition coefficient (Wildman–Crippen LogP) is 3.69. The Morgan fingerprint density at radius 1 is 1.04 bits per heavy atom. The third-order valence-electron chi connectivity index (χ3n) is 4.71. The van der Waals surface area contributed by atoms with E-state index in [4.69, 9.17) is 9.47 Å². The molecule has 0 aromatic heterocycles. The highest BCUT2D eigenvalue weighted by Gasteiger charge is 2.26. The van der Waals surface area contributed by atoms with Gasteiger partial charge in [0, 0.05) is 0 Å². The van der Waals surface area contributed by atoms with Crippen LogP contribution in [0.4, 0.5) is 5.69 Å². The Balaban J connectivity index is 1.52. The van der Waals surface area contributed by atoms with Gasteiger partial charge in [-0.2, -0.15) is 0 Å². The van der Waals surface area contributed by atoms with Gasteiger partial charge >= 0.3 is 5.97 Å². The Labute approximate surface area is 165 Å². The highest BCUT2D eigenvalue weighted by molar-refractivity contribution is 5.93. The fraction of sp³-hybridized carbons (Fsp3) is 0.364. The minimum atomic E-state index is -0.126. The van der Waals surface area contributed by atoms with E-state index in [9.17, 15) is 9.59 Å². The number of nitrogens with one attached hydrogen (secondary N) is 1. The Bertz CT molecular complexity index is 786. The molecule has 0 aliphatic carbocycles. The van der Waals surface area contributed by atoms with E-state index in [-0.39, 0.29) is 24.3 Å². The number of piperidine rings is 1. The van der Waals surface area contributed by atoms with Crippen LogP contribution in [-0.2, 0) is 14.3 Å². The summed E-state index contributed by atoms with van der Waals surface area (Å²) in [6.45, 7) is 3.93. The molecule has 3 rings (SSSR count). The summed E-state index contributed by atoms with van der Waals surface area (Å²) in [7, 11) is 0. The van der Waals surface area contributed by atoms with Crippen molar-refractivity contribution in [2.75, 3.05) is 31.6 Å². The number of likely N-dealkylation sites (tertiary alicyclic amines) is 1. The number of benzene rings is 2. The molecule has 0 unspecified atom stereocenters. The third kappa shape index (κ3) is 5.57. The van der Waals surface area contributed by atoms with E-state index >= 15 is 0 Å². The van der Waals surface area contributed by atoms with Crippen molar-refractivity contribution >= 4 is 17.6 Å². The second-order valence-corrected chi connectivity index (χ2v) is 6.76. The topological polar surface area (TPSA) is 67.9 Å². The number of para-hydroxylation sites is 3. The molecule has 0 radical (unpaired) electrons. The molecule has 0 bridgehead atoms. The van der Waals surface area contributed by atoms with Gasteiger partial charge in [-0.15, -0.1) is 0 Å². The van der Waals surface area contributed by atoms with Crippen LogP contribution in [0, 0.1) is 5.92 Å². The minimum absolute atomic E-state index is 0.0562. The van der Waals surface area contributed by atoms with Crippen molar-refractivity contribution in [3.63, 3.8) is 0 Å². The second-order valence-electron chi connectivity index (χ2n) is 6.76. The van der Waals surface area contributed by atoms with Crippen LogP contribution in [0.2, 0.25) is 0 Å². The van der Waals surface area contributed by atoms with Gasteiger partial charge in [-0.25, -0.2) is 0 Å². The summed E-state index contributed by atoms with van der Waals surface area (Å²) in [5, 5.41) is 2.94. The Hall–Kier alpha value is -2.86. The first-order chi connectivity index (χ1) is 13.7. The summed E-state index contributed by atoms with van der Waals surface area (Å²) >= 11 is 0. The van der Waals surface area contributed by atoms with Crippen LogP contribution < -0.4 is 10.1 Å². The number of hydrogen-bond donors (Lipinski definition) is 1. The monoisotopic (exact) mass is 382 g/mol. The molecule has 1 N–H and O–H groups in total. The summed E-state index contributed by atoms with van der Waals surface area (Å²) in [5.74, 6) is 1.03. The molecule has 28 heavy (non-hydrogen) atoms. The van der Waals surface area contributed by atoms with Crippen LogP contribution in [0.5, 0.6) is 11.5 Å². The van der Waals surface area contributed by atoms with Crippen LogP contribution in [0.3, 0.4) is 0 Å². The van der Waals surface area contributed by atoms with Crippen LogP contribution >= 0.6 is 0 Å². The highest BCUT2D eigenvalue weighted by atomic mass is 16.5. The van der Waals surface area contributed by atoms with Crippen LogP contribution in [0.1, 0.15) is 19.8 Å².